The van der Waals surface area contributed by atoms with Crippen molar-refractivity contribution in [1.82, 2.24) is 24.4 Å². The Morgan fingerprint density at radius 3 is 2.52 bits per heavy atom. The Kier molecular flexibility index (Phi) is 7.60. The van der Waals surface area contributed by atoms with Gasteiger partial charge in [0.25, 0.3) is 5.91 Å². The van der Waals surface area contributed by atoms with Crippen LogP contribution in [0.25, 0.3) is 16.9 Å². The quantitative estimate of drug-likeness (QED) is 0.350. The molecule has 5 rings (SSSR count). The first-order chi connectivity index (χ1) is 19.0. The minimum Gasteiger partial charge on any atom is -0.497 e. The number of alkyl halides is 3. The van der Waals surface area contributed by atoms with E-state index in [2.05, 4.69) is 21.0 Å². The van der Waals surface area contributed by atoms with Gasteiger partial charge in [0, 0.05) is 41.7 Å². The van der Waals surface area contributed by atoms with E-state index in [0.717, 1.165) is 15.0 Å². The summed E-state index contributed by atoms with van der Waals surface area (Å²) in [6, 6.07) is 8.19. The van der Waals surface area contributed by atoms with E-state index in [1.165, 1.54) is 20.2 Å². The predicted octanol–water partition coefficient (Wildman–Crippen LogP) is 4.98. The SMILES string of the molecule is COc1ccc(-c2nc3c(C(=O)N4CCN([C@@H](CO)c5cc(C)cs5)C[C@H]4C)cnn3c(C(F)(F)F)c2C)cc1. The molecule has 1 aromatic carbocycles. The molecule has 212 valence electrons. The largest absolute Gasteiger partial charge is 0.497 e. The molecule has 1 aliphatic rings. The number of aliphatic hydroxyl groups is 1. The second-order valence-electron chi connectivity index (χ2n) is 10.0. The Bertz CT molecular complexity index is 1530. The molecular formula is C28H30F3N5O3S. The summed E-state index contributed by atoms with van der Waals surface area (Å²) >= 11 is 1.59. The third kappa shape index (κ3) is 5.06. The molecule has 1 saturated heterocycles. The van der Waals surface area contributed by atoms with Gasteiger partial charge in [0.05, 0.1) is 31.6 Å². The molecule has 0 saturated carbocycles. The van der Waals surface area contributed by atoms with E-state index in [9.17, 15) is 23.1 Å². The van der Waals surface area contributed by atoms with Gasteiger partial charge in [0.2, 0.25) is 0 Å². The summed E-state index contributed by atoms with van der Waals surface area (Å²) in [5.74, 6) is 0.129. The minimum atomic E-state index is -4.72. The average Bonchev–Trinajstić information content (AvgIpc) is 3.53. The first-order valence-electron chi connectivity index (χ1n) is 12.8. The van der Waals surface area contributed by atoms with E-state index < -0.39 is 17.8 Å². The maximum absolute atomic E-state index is 14.3. The van der Waals surface area contributed by atoms with Crippen LogP contribution in [0.4, 0.5) is 13.2 Å². The van der Waals surface area contributed by atoms with Gasteiger partial charge < -0.3 is 14.7 Å². The summed E-state index contributed by atoms with van der Waals surface area (Å²) in [6.07, 6.45) is -3.56. The standard InChI is InChI=1S/C28H30F3N5O3S/c1-16-11-23(40-15-16)22(14-37)34-9-10-35(17(2)13-34)27(38)21-12-32-36-25(28(29,30)31)18(3)24(33-26(21)36)19-5-7-20(39-4)8-6-19/h5-8,11-12,15,17,22,37H,9-10,13-14H2,1-4H3/t17-,22+/m1/s1. The van der Waals surface area contributed by atoms with Crippen molar-refractivity contribution in [2.24, 2.45) is 0 Å². The van der Waals surface area contributed by atoms with Crippen LogP contribution in [0.5, 0.6) is 5.75 Å². The van der Waals surface area contributed by atoms with E-state index in [4.69, 9.17) is 4.74 Å². The number of aryl methyl sites for hydroxylation is 1. The number of piperazine rings is 1. The van der Waals surface area contributed by atoms with Crippen LogP contribution in [0.1, 0.15) is 45.0 Å². The molecule has 12 heteroatoms. The number of hydrogen-bond donors (Lipinski definition) is 1. The van der Waals surface area contributed by atoms with Crippen LogP contribution in [0.15, 0.2) is 41.9 Å². The lowest BCUT2D eigenvalue weighted by Crippen LogP contribution is -2.55. The Labute approximate surface area is 233 Å². The lowest BCUT2D eigenvalue weighted by Gasteiger charge is -2.42. The van der Waals surface area contributed by atoms with Crippen LogP contribution in [-0.2, 0) is 6.18 Å². The molecular weight excluding hydrogens is 543 g/mol. The molecule has 0 bridgehead atoms. The summed E-state index contributed by atoms with van der Waals surface area (Å²) in [7, 11) is 1.50. The number of rotatable bonds is 6. The zero-order valence-electron chi connectivity index (χ0n) is 22.6. The molecule has 1 amide bonds. The summed E-state index contributed by atoms with van der Waals surface area (Å²) < 4.78 is 48.7. The first-order valence-corrected chi connectivity index (χ1v) is 13.7. The number of aliphatic hydroxyl groups excluding tert-OH is 1. The molecule has 2 atom stereocenters. The molecule has 40 heavy (non-hydrogen) atoms. The van der Waals surface area contributed by atoms with E-state index >= 15 is 0 Å². The van der Waals surface area contributed by atoms with Gasteiger partial charge in [-0.15, -0.1) is 11.3 Å². The molecule has 1 aliphatic heterocycles. The van der Waals surface area contributed by atoms with E-state index in [1.54, 1.807) is 40.5 Å². The maximum Gasteiger partial charge on any atom is 0.433 e. The van der Waals surface area contributed by atoms with Crippen molar-refractivity contribution in [3.05, 3.63) is 69.2 Å². The number of fused-ring (bicyclic) bond motifs is 1. The normalized spacial score (nSPS) is 17.4. The van der Waals surface area contributed by atoms with Gasteiger partial charge in [-0.25, -0.2) is 9.50 Å². The Morgan fingerprint density at radius 1 is 1.23 bits per heavy atom. The number of ether oxygens (including phenoxy) is 1. The number of methoxy groups -OCH3 is 1. The third-order valence-electron chi connectivity index (χ3n) is 7.36. The van der Waals surface area contributed by atoms with Crippen molar-refractivity contribution in [2.45, 2.75) is 39.0 Å². The van der Waals surface area contributed by atoms with Gasteiger partial charge in [0.15, 0.2) is 11.3 Å². The van der Waals surface area contributed by atoms with Gasteiger partial charge in [0.1, 0.15) is 11.3 Å². The fourth-order valence-electron chi connectivity index (χ4n) is 5.33. The van der Waals surface area contributed by atoms with Crippen LogP contribution in [0, 0.1) is 13.8 Å². The van der Waals surface area contributed by atoms with Crippen molar-refractivity contribution in [3.8, 4) is 17.0 Å². The molecule has 4 heterocycles. The van der Waals surface area contributed by atoms with Crippen molar-refractivity contribution in [1.29, 1.82) is 0 Å². The third-order valence-corrected chi connectivity index (χ3v) is 8.51. The Hall–Kier alpha value is -3.48. The summed E-state index contributed by atoms with van der Waals surface area (Å²) in [4.78, 5) is 23.1. The van der Waals surface area contributed by atoms with E-state index in [0.29, 0.717) is 30.9 Å². The molecule has 1 N–H and O–H groups in total. The lowest BCUT2D eigenvalue weighted by molar-refractivity contribution is -0.143. The zero-order valence-corrected chi connectivity index (χ0v) is 23.4. The van der Waals surface area contributed by atoms with Crippen molar-refractivity contribution in [2.75, 3.05) is 33.4 Å². The van der Waals surface area contributed by atoms with Crippen LogP contribution in [0.3, 0.4) is 0 Å². The van der Waals surface area contributed by atoms with Gasteiger partial charge in [-0.05, 0) is 62.0 Å². The van der Waals surface area contributed by atoms with Crippen LogP contribution in [0.2, 0.25) is 0 Å². The Balaban J connectivity index is 1.49. The van der Waals surface area contributed by atoms with Gasteiger partial charge >= 0.3 is 6.18 Å². The number of aromatic nitrogens is 3. The van der Waals surface area contributed by atoms with Gasteiger partial charge in [-0.1, -0.05) is 0 Å². The topological polar surface area (TPSA) is 83.2 Å². The number of halogens is 3. The highest BCUT2D eigenvalue weighted by Gasteiger charge is 2.40. The molecule has 3 aromatic heterocycles. The molecule has 1 fully saturated rings. The molecule has 8 nitrogen and oxygen atoms in total. The summed E-state index contributed by atoms with van der Waals surface area (Å²) in [5.41, 5.74) is 0.506. The van der Waals surface area contributed by atoms with Crippen molar-refractivity contribution in [3.63, 3.8) is 0 Å². The highest BCUT2D eigenvalue weighted by Crippen LogP contribution is 2.37. The molecule has 0 unspecified atom stereocenters. The number of thiophene rings is 1. The zero-order chi connectivity index (χ0) is 28.8. The van der Waals surface area contributed by atoms with Gasteiger partial charge in [-0.2, -0.15) is 18.3 Å². The number of hydrogen-bond acceptors (Lipinski definition) is 7. The first kappa shape index (κ1) is 28.1. The summed E-state index contributed by atoms with van der Waals surface area (Å²) in [6.45, 7) is 6.56. The predicted molar refractivity (Wildman–Crippen MR) is 146 cm³/mol. The fourth-order valence-corrected chi connectivity index (χ4v) is 6.35. The van der Waals surface area contributed by atoms with E-state index in [1.807, 2.05) is 19.2 Å². The number of nitrogens with zero attached hydrogens (tertiary/aromatic N) is 5. The molecule has 0 radical (unpaired) electrons. The van der Waals surface area contributed by atoms with Crippen LogP contribution in [-0.4, -0.2) is 74.8 Å². The number of carbonyl (C=O) groups excluding carboxylic acids is 1. The number of amides is 1. The molecule has 4 aromatic rings. The number of benzene rings is 1. The second kappa shape index (κ2) is 10.8. The van der Waals surface area contributed by atoms with Crippen molar-refractivity contribution >= 4 is 22.9 Å². The fraction of sp³-hybridized carbons (Fsp3) is 0.393. The second-order valence-corrected chi connectivity index (χ2v) is 11.0. The monoisotopic (exact) mass is 573 g/mol. The highest BCUT2D eigenvalue weighted by atomic mass is 32.1. The van der Waals surface area contributed by atoms with Gasteiger partial charge in [-0.3, -0.25) is 9.69 Å². The number of carbonyl (C=O) groups is 1. The molecule has 0 aliphatic carbocycles. The lowest BCUT2D eigenvalue weighted by atomic mass is 10.0. The Morgan fingerprint density at radius 2 is 1.95 bits per heavy atom. The maximum atomic E-state index is 14.3. The summed E-state index contributed by atoms with van der Waals surface area (Å²) in [5, 5.41) is 16.1. The average molecular weight is 574 g/mol. The van der Waals surface area contributed by atoms with Crippen LogP contribution < -0.4 is 4.74 Å². The van der Waals surface area contributed by atoms with Crippen molar-refractivity contribution < 1.29 is 27.8 Å². The minimum absolute atomic E-state index is 0.00755. The smallest absolute Gasteiger partial charge is 0.433 e. The van der Waals surface area contributed by atoms with E-state index in [-0.39, 0.29) is 41.2 Å². The van der Waals surface area contributed by atoms with Crippen LogP contribution >= 0.6 is 11.3 Å². The molecule has 0 spiro atoms. The highest BCUT2D eigenvalue weighted by molar-refractivity contribution is 7.10.